The molecule has 2 N–H and O–H groups in total. The molecule has 0 atom stereocenters. The number of furan rings is 1. The van der Waals surface area contributed by atoms with Crippen LogP contribution in [0.1, 0.15) is 20.9 Å². The van der Waals surface area contributed by atoms with Gasteiger partial charge in [0, 0.05) is 23.2 Å². The van der Waals surface area contributed by atoms with Crippen molar-refractivity contribution >= 4 is 51.4 Å². The molecule has 1 heterocycles. The first-order valence-corrected chi connectivity index (χ1v) is 9.55. The van der Waals surface area contributed by atoms with Gasteiger partial charge in [0.15, 0.2) is 0 Å². The third-order valence-electron chi connectivity index (χ3n) is 4.57. The van der Waals surface area contributed by atoms with Crippen molar-refractivity contribution in [3.63, 3.8) is 0 Å². The molecule has 0 aliphatic heterocycles. The summed E-state index contributed by atoms with van der Waals surface area (Å²) in [4.78, 5) is 35.9. The highest BCUT2D eigenvalue weighted by molar-refractivity contribution is 6.34. The van der Waals surface area contributed by atoms with Crippen LogP contribution in [-0.2, 0) is 0 Å². The summed E-state index contributed by atoms with van der Waals surface area (Å²) in [5, 5.41) is 16.2. The summed E-state index contributed by atoms with van der Waals surface area (Å²) >= 11 is 5.98. The van der Waals surface area contributed by atoms with E-state index in [0.717, 1.165) is 6.07 Å². The molecule has 160 valence electrons. The van der Waals surface area contributed by atoms with Gasteiger partial charge in [0.1, 0.15) is 17.1 Å². The molecule has 0 unspecified atom stereocenters. The zero-order chi connectivity index (χ0) is 22.8. The third-order valence-corrected chi connectivity index (χ3v) is 4.88. The second-order valence-corrected chi connectivity index (χ2v) is 7.02. The van der Waals surface area contributed by atoms with E-state index in [4.69, 9.17) is 16.0 Å². The average Bonchev–Trinajstić information content (AvgIpc) is 3.12. The summed E-state index contributed by atoms with van der Waals surface area (Å²) < 4.78 is 19.8. The first-order valence-electron chi connectivity index (χ1n) is 9.18. The minimum atomic E-state index is -0.857. The van der Waals surface area contributed by atoms with Gasteiger partial charge in [-0.15, -0.1) is 0 Å². The van der Waals surface area contributed by atoms with E-state index in [1.165, 1.54) is 36.4 Å². The van der Waals surface area contributed by atoms with E-state index in [9.17, 15) is 24.1 Å². The predicted molar refractivity (Wildman–Crippen MR) is 117 cm³/mol. The lowest BCUT2D eigenvalue weighted by atomic mass is 10.1. The molecule has 0 saturated heterocycles. The van der Waals surface area contributed by atoms with Gasteiger partial charge in [-0.2, -0.15) is 0 Å². The monoisotopic (exact) mass is 453 g/mol. The van der Waals surface area contributed by atoms with E-state index in [1.54, 1.807) is 24.3 Å². The number of halogens is 2. The van der Waals surface area contributed by atoms with Crippen molar-refractivity contribution in [1.29, 1.82) is 0 Å². The molecule has 0 radical (unpaired) electrons. The Morgan fingerprint density at radius 3 is 2.34 bits per heavy atom. The van der Waals surface area contributed by atoms with Crippen LogP contribution in [0.5, 0.6) is 0 Å². The highest BCUT2D eigenvalue weighted by Crippen LogP contribution is 2.33. The molecule has 0 aliphatic rings. The number of hydrogen-bond acceptors (Lipinski definition) is 5. The molecular weight excluding hydrogens is 441 g/mol. The second-order valence-electron chi connectivity index (χ2n) is 6.61. The predicted octanol–water partition coefficient (Wildman–Crippen LogP) is 5.64. The van der Waals surface area contributed by atoms with Crippen molar-refractivity contribution in [2.45, 2.75) is 0 Å². The van der Waals surface area contributed by atoms with E-state index in [2.05, 4.69) is 10.6 Å². The van der Waals surface area contributed by atoms with Crippen LogP contribution >= 0.6 is 11.6 Å². The van der Waals surface area contributed by atoms with Gasteiger partial charge in [-0.3, -0.25) is 19.7 Å². The minimum Gasteiger partial charge on any atom is -0.449 e. The van der Waals surface area contributed by atoms with Crippen LogP contribution in [-0.4, -0.2) is 16.7 Å². The number of fused-ring (bicyclic) bond motifs is 1. The number of rotatable bonds is 5. The van der Waals surface area contributed by atoms with Gasteiger partial charge in [-0.25, -0.2) is 4.39 Å². The van der Waals surface area contributed by atoms with E-state index >= 15 is 0 Å². The summed E-state index contributed by atoms with van der Waals surface area (Å²) in [5.41, 5.74) is 0.110. The zero-order valence-corrected chi connectivity index (χ0v) is 16.9. The molecule has 0 saturated carbocycles. The summed E-state index contributed by atoms with van der Waals surface area (Å²) in [7, 11) is 0. The van der Waals surface area contributed by atoms with Crippen LogP contribution in [0.2, 0.25) is 5.02 Å². The van der Waals surface area contributed by atoms with Crippen molar-refractivity contribution in [3.05, 3.63) is 99.0 Å². The quantitative estimate of drug-likeness (QED) is 0.300. The van der Waals surface area contributed by atoms with Crippen molar-refractivity contribution in [2.24, 2.45) is 0 Å². The van der Waals surface area contributed by atoms with E-state index < -0.39 is 22.6 Å². The summed E-state index contributed by atoms with van der Waals surface area (Å²) in [6.45, 7) is 0. The first kappa shape index (κ1) is 21.0. The minimum absolute atomic E-state index is 0.0318. The number of amides is 2. The second kappa shape index (κ2) is 8.48. The van der Waals surface area contributed by atoms with E-state index in [1.807, 2.05) is 0 Å². The fourth-order valence-electron chi connectivity index (χ4n) is 3.07. The molecule has 0 fully saturated rings. The summed E-state index contributed by atoms with van der Waals surface area (Å²) in [5.74, 6) is -2.63. The number of nitrogens with one attached hydrogen (secondary N) is 2. The van der Waals surface area contributed by atoms with E-state index in [-0.39, 0.29) is 33.4 Å². The number of nitrogens with zero attached hydrogens (tertiary/aromatic N) is 1. The molecule has 2 amide bonds. The Hall–Kier alpha value is -4.24. The van der Waals surface area contributed by atoms with E-state index in [0.29, 0.717) is 11.0 Å². The van der Waals surface area contributed by atoms with Gasteiger partial charge < -0.3 is 15.1 Å². The Labute approximate surface area is 184 Å². The normalized spacial score (nSPS) is 10.7. The number of nitro benzene ring substituents is 1. The van der Waals surface area contributed by atoms with Crippen molar-refractivity contribution < 1.29 is 23.3 Å². The topological polar surface area (TPSA) is 114 Å². The van der Waals surface area contributed by atoms with Crippen LogP contribution in [0.4, 0.5) is 21.5 Å². The van der Waals surface area contributed by atoms with Gasteiger partial charge in [0.05, 0.1) is 15.5 Å². The number of para-hydroxylation sites is 1. The fourth-order valence-corrected chi connectivity index (χ4v) is 3.32. The molecule has 10 heteroatoms. The largest absolute Gasteiger partial charge is 0.449 e. The van der Waals surface area contributed by atoms with Crippen molar-refractivity contribution in [2.75, 3.05) is 10.6 Å². The lowest BCUT2D eigenvalue weighted by Gasteiger charge is -2.09. The third kappa shape index (κ3) is 4.01. The SMILES string of the molecule is O=C(Nc1ccc([N+](=O)[O-])cc1)c1oc2ccccc2c1NC(=O)c1c(F)cccc1Cl. The van der Waals surface area contributed by atoms with Crippen molar-refractivity contribution in [1.82, 2.24) is 0 Å². The molecule has 4 rings (SSSR count). The molecule has 1 aromatic heterocycles. The van der Waals surface area contributed by atoms with Gasteiger partial charge in [-0.1, -0.05) is 29.8 Å². The van der Waals surface area contributed by atoms with Gasteiger partial charge in [-0.05, 0) is 36.4 Å². The Kier molecular flexibility index (Phi) is 5.57. The van der Waals surface area contributed by atoms with Gasteiger partial charge in [0.2, 0.25) is 5.76 Å². The molecule has 32 heavy (non-hydrogen) atoms. The van der Waals surface area contributed by atoms with Crippen LogP contribution < -0.4 is 10.6 Å². The van der Waals surface area contributed by atoms with Crippen LogP contribution in [0.3, 0.4) is 0 Å². The summed E-state index contributed by atoms with van der Waals surface area (Å²) in [6.07, 6.45) is 0. The number of hydrogen-bond donors (Lipinski definition) is 2. The molecule has 8 nitrogen and oxygen atoms in total. The number of carbonyl (C=O) groups excluding carboxylic acids is 2. The highest BCUT2D eigenvalue weighted by Gasteiger charge is 2.25. The molecular formula is C22H13ClFN3O5. The molecule has 0 spiro atoms. The van der Waals surface area contributed by atoms with Crippen LogP contribution in [0.25, 0.3) is 11.0 Å². The number of carbonyl (C=O) groups is 2. The summed E-state index contributed by atoms with van der Waals surface area (Å²) in [6, 6.07) is 15.6. The average molecular weight is 454 g/mol. The fraction of sp³-hybridized carbons (Fsp3) is 0. The first-order chi connectivity index (χ1) is 15.3. The highest BCUT2D eigenvalue weighted by atomic mass is 35.5. The van der Waals surface area contributed by atoms with Crippen LogP contribution in [0, 0.1) is 15.9 Å². The smallest absolute Gasteiger partial charge is 0.293 e. The standard InChI is InChI=1S/C22H13ClFN3O5/c23-15-5-3-6-16(24)18(15)21(28)26-19-14-4-1-2-7-17(14)32-20(19)22(29)25-12-8-10-13(11-9-12)27(30)31/h1-11H,(H,25,29)(H,26,28). The maximum absolute atomic E-state index is 14.2. The molecule has 4 aromatic rings. The zero-order valence-electron chi connectivity index (χ0n) is 16.1. The maximum atomic E-state index is 14.2. The Balaban J connectivity index is 1.69. The number of nitro groups is 1. The Morgan fingerprint density at radius 1 is 0.938 bits per heavy atom. The molecule has 3 aromatic carbocycles. The number of anilines is 2. The maximum Gasteiger partial charge on any atom is 0.293 e. The Bertz CT molecular complexity index is 1350. The number of benzene rings is 3. The van der Waals surface area contributed by atoms with Gasteiger partial charge in [0.25, 0.3) is 17.5 Å². The van der Waals surface area contributed by atoms with Crippen molar-refractivity contribution in [3.8, 4) is 0 Å². The van der Waals surface area contributed by atoms with Gasteiger partial charge >= 0.3 is 0 Å². The molecule has 0 bridgehead atoms. The number of non-ortho nitro benzene ring substituents is 1. The van der Waals surface area contributed by atoms with Crippen LogP contribution in [0.15, 0.2) is 71.1 Å². The lowest BCUT2D eigenvalue weighted by Crippen LogP contribution is -2.18. The molecule has 0 aliphatic carbocycles. The lowest BCUT2D eigenvalue weighted by molar-refractivity contribution is -0.384. The Morgan fingerprint density at radius 2 is 1.66 bits per heavy atom.